The quantitative estimate of drug-likeness (QED) is 0.329. The van der Waals surface area contributed by atoms with Crippen LogP contribution in [0.4, 0.5) is 13.2 Å². The van der Waals surface area contributed by atoms with Gasteiger partial charge < -0.3 is 10.4 Å². The van der Waals surface area contributed by atoms with Gasteiger partial charge in [0.25, 0.3) is 0 Å². The van der Waals surface area contributed by atoms with Crippen molar-refractivity contribution in [3.8, 4) is 11.4 Å². The molecule has 0 aliphatic rings. The highest BCUT2D eigenvalue weighted by atomic mass is 35.5. The third kappa shape index (κ3) is 7.80. The summed E-state index contributed by atoms with van der Waals surface area (Å²) in [5.74, 6) is -1.02. The van der Waals surface area contributed by atoms with Crippen LogP contribution in [0.3, 0.4) is 0 Å². The fourth-order valence-electron chi connectivity index (χ4n) is 3.44. The number of sulfonamides is 1. The van der Waals surface area contributed by atoms with Crippen molar-refractivity contribution in [3.63, 3.8) is 0 Å². The van der Waals surface area contributed by atoms with Gasteiger partial charge in [-0.25, -0.2) is 22.6 Å². The van der Waals surface area contributed by atoms with Crippen molar-refractivity contribution in [2.24, 2.45) is 0 Å². The summed E-state index contributed by atoms with van der Waals surface area (Å²) in [5, 5.41) is 16.6. The molecule has 0 radical (unpaired) electrons. The molecule has 3 aromatic rings. The fraction of sp³-hybridized carbons (Fsp3) is 0.318. The first-order chi connectivity index (χ1) is 17.7. The second-order valence-corrected chi connectivity index (χ2v) is 10.8. The Hall–Kier alpha value is -2.91. The Kier molecular flexibility index (Phi) is 9.26. The zero-order chi connectivity index (χ0) is 28.3. The van der Waals surface area contributed by atoms with Crippen LogP contribution in [0.5, 0.6) is 0 Å². The summed E-state index contributed by atoms with van der Waals surface area (Å²) in [7, 11) is -3.72. The van der Waals surface area contributed by atoms with Gasteiger partial charge in [-0.1, -0.05) is 41.4 Å². The summed E-state index contributed by atoms with van der Waals surface area (Å²) in [4.78, 5) is 25.5. The van der Waals surface area contributed by atoms with Gasteiger partial charge in [-0.05, 0) is 35.9 Å². The molecule has 206 valence electrons. The number of nitrogens with one attached hydrogen (secondary N) is 2. The normalized spacial score (nSPS) is 13.8. The van der Waals surface area contributed by atoms with Crippen LogP contribution in [-0.4, -0.2) is 58.9 Å². The standard InChI is InChI=1S/C22H22Cl2F3N5O5S/c1-38(36,37)30-17(15-4-2-3-5-16(15)24)10-28-19(34)12-32-21(35)31(11-18(33)22(25,26)27)20(29-32)13-6-8-14(23)9-7-13/h2-9,17-18,30,33H,10-12H2,1H3,(H,28,34)/t17?,18-/m0/s1. The molecule has 3 N–H and O–H groups in total. The van der Waals surface area contributed by atoms with Crippen molar-refractivity contribution in [2.75, 3.05) is 12.8 Å². The van der Waals surface area contributed by atoms with E-state index in [1.807, 2.05) is 0 Å². The van der Waals surface area contributed by atoms with Crippen molar-refractivity contribution < 1.29 is 31.5 Å². The van der Waals surface area contributed by atoms with E-state index in [4.69, 9.17) is 23.2 Å². The molecule has 0 saturated carbocycles. The maximum Gasteiger partial charge on any atom is 0.416 e. The highest BCUT2D eigenvalue weighted by Gasteiger charge is 2.39. The van der Waals surface area contributed by atoms with Crippen LogP contribution in [-0.2, 0) is 27.9 Å². The Morgan fingerprint density at radius 3 is 2.34 bits per heavy atom. The molecule has 38 heavy (non-hydrogen) atoms. The topological polar surface area (TPSA) is 135 Å². The number of hydrogen-bond acceptors (Lipinski definition) is 6. The van der Waals surface area contributed by atoms with E-state index in [-0.39, 0.29) is 23.0 Å². The van der Waals surface area contributed by atoms with Gasteiger partial charge >= 0.3 is 11.9 Å². The minimum absolute atomic E-state index is 0.219. The highest BCUT2D eigenvalue weighted by molar-refractivity contribution is 7.88. The lowest BCUT2D eigenvalue weighted by Gasteiger charge is -2.19. The summed E-state index contributed by atoms with van der Waals surface area (Å²) in [5.41, 5.74) is -0.478. The first-order valence-corrected chi connectivity index (χ1v) is 13.5. The van der Waals surface area contributed by atoms with Gasteiger partial charge in [-0.3, -0.25) is 9.36 Å². The number of aliphatic hydroxyl groups excluding tert-OH is 1. The Bertz CT molecular complexity index is 1460. The molecule has 16 heteroatoms. The minimum Gasteiger partial charge on any atom is -0.382 e. The molecule has 0 spiro atoms. The predicted molar refractivity (Wildman–Crippen MR) is 134 cm³/mol. The second-order valence-electron chi connectivity index (χ2n) is 8.21. The molecule has 0 saturated heterocycles. The number of alkyl halides is 3. The van der Waals surface area contributed by atoms with Gasteiger partial charge in [0.05, 0.1) is 18.8 Å². The molecule has 3 rings (SSSR count). The molecule has 0 bridgehead atoms. The smallest absolute Gasteiger partial charge is 0.382 e. The molecule has 1 aromatic heterocycles. The molecular weight excluding hydrogens is 574 g/mol. The minimum atomic E-state index is -5.00. The number of aromatic nitrogens is 3. The molecule has 1 heterocycles. The number of halogens is 5. The number of carbonyl (C=O) groups is 1. The molecular formula is C22H22Cl2F3N5O5S. The number of carbonyl (C=O) groups excluding carboxylic acids is 1. The molecule has 1 amide bonds. The van der Waals surface area contributed by atoms with Crippen LogP contribution in [0.15, 0.2) is 53.3 Å². The lowest BCUT2D eigenvalue weighted by molar-refractivity contribution is -0.207. The van der Waals surface area contributed by atoms with Crippen LogP contribution in [0.25, 0.3) is 11.4 Å². The number of nitrogens with zero attached hydrogens (tertiary/aromatic N) is 3. The first-order valence-electron chi connectivity index (χ1n) is 10.8. The van der Waals surface area contributed by atoms with E-state index in [1.165, 1.54) is 30.3 Å². The molecule has 2 atom stereocenters. The summed E-state index contributed by atoms with van der Waals surface area (Å²) in [6.07, 6.45) is -6.94. The van der Waals surface area contributed by atoms with Crippen molar-refractivity contribution in [2.45, 2.75) is 31.4 Å². The van der Waals surface area contributed by atoms with Crippen molar-refractivity contribution >= 4 is 39.1 Å². The number of benzene rings is 2. The van der Waals surface area contributed by atoms with Gasteiger partial charge in [0.1, 0.15) is 6.54 Å². The van der Waals surface area contributed by atoms with E-state index in [2.05, 4.69) is 15.1 Å². The zero-order valence-corrected chi connectivity index (χ0v) is 21.9. The SMILES string of the molecule is CS(=O)(=O)NC(CNC(=O)Cn1nc(-c2ccc(Cl)cc2)n(C[C@H](O)C(F)(F)F)c1=O)c1ccccc1Cl. The summed E-state index contributed by atoms with van der Waals surface area (Å²) >= 11 is 12.0. The average molecular weight is 596 g/mol. The largest absolute Gasteiger partial charge is 0.416 e. The number of amides is 1. The molecule has 0 aliphatic heterocycles. The van der Waals surface area contributed by atoms with E-state index in [1.54, 1.807) is 18.2 Å². The molecule has 0 aliphatic carbocycles. The fourth-order valence-corrected chi connectivity index (χ4v) is 4.56. The Morgan fingerprint density at radius 1 is 1.13 bits per heavy atom. The van der Waals surface area contributed by atoms with Gasteiger partial charge in [0, 0.05) is 22.2 Å². The van der Waals surface area contributed by atoms with Gasteiger partial charge in [0.15, 0.2) is 11.9 Å². The second kappa shape index (κ2) is 11.9. The van der Waals surface area contributed by atoms with E-state index in [0.717, 1.165) is 6.26 Å². The number of aliphatic hydroxyl groups is 1. The van der Waals surface area contributed by atoms with E-state index >= 15 is 0 Å². The lowest BCUT2D eigenvalue weighted by Crippen LogP contribution is -2.41. The monoisotopic (exact) mass is 595 g/mol. The predicted octanol–water partition coefficient (Wildman–Crippen LogP) is 2.35. The summed E-state index contributed by atoms with van der Waals surface area (Å²) in [6.45, 7) is -2.13. The molecule has 1 unspecified atom stereocenters. The van der Waals surface area contributed by atoms with Crippen molar-refractivity contribution in [3.05, 3.63) is 74.6 Å². The Balaban J connectivity index is 1.86. The maximum atomic E-state index is 13.0. The molecule has 0 fully saturated rings. The van der Waals surface area contributed by atoms with Crippen LogP contribution < -0.4 is 15.7 Å². The zero-order valence-electron chi connectivity index (χ0n) is 19.6. The highest BCUT2D eigenvalue weighted by Crippen LogP contribution is 2.25. The van der Waals surface area contributed by atoms with E-state index in [9.17, 15) is 36.3 Å². The average Bonchev–Trinajstić information content (AvgIpc) is 3.11. The van der Waals surface area contributed by atoms with Gasteiger partial charge in [-0.15, -0.1) is 5.10 Å². The first kappa shape index (κ1) is 29.6. The molecule has 10 nitrogen and oxygen atoms in total. The van der Waals surface area contributed by atoms with Crippen LogP contribution in [0, 0.1) is 0 Å². The van der Waals surface area contributed by atoms with Crippen molar-refractivity contribution in [1.82, 2.24) is 24.4 Å². The van der Waals surface area contributed by atoms with E-state index < -0.39 is 53.0 Å². The lowest BCUT2D eigenvalue weighted by atomic mass is 10.1. The maximum absolute atomic E-state index is 13.0. The van der Waals surface area contributed by atoms with Crippen LogP contribution in [0.2, 0.25) is 10.0 Å². The van der Waals surface area contributed by atoms with Gasteiger partial charge in [-0.2, -0.15) is 13.2 Å². The number of rotatable bonds is 10. The Morgan fingerprint density at radius 2 is 1.76 bits per heavy atom. The van der Waals surface area contributed by atoms with Crippen molar-refractivity contribution in [1.29, 1.82) is 0 Å². The van der Waals surface area contributed by atoms with Crippen LogP contribution >= 0.6 is 23.2 Å². The van der Waals surface area contributed by atoms with Gasteiger partial charge in [0.2, 0.25) is 15.9 Å². The number of hydrogen-bond donors (Lipinski definition) is 3. The summed E-state index contributed by atoms with van der Waals surface area (Å²) < 4.78 is 66.3. The van der Waals surface area contributed by atoms with Crippen LogP contribution in [0.1, 0.15) is 11.6 Å². The Labute approximate surface area is 225 Å². The van der Waals surface area contributed by atoms with E-state index in [0.29, 0.717) is 19.8 Å². The third-order valence-corrected chi connectivity index (χ3v) is 6.50. The molecule has 2 aromatic carbocycles. The summed E-state index contributed by atoms with van der Waals surface area (Å²) in [6, 6.07) is 11.1. The third-order valence-electron chi connectivity index (χ3n) is 5.19.